The number of rotatable bonds is 5. The predicted octanol–water partition coefficient (Wildman–Crippen LogP) is 3.52. The van der Waals surface area contributed by atoms with E-state index >= 15 is 0 Å². The summed E-state index contributed by atoms with van der Waals surface area (Å²) in [5, 5.41) is 12.1. The highest BCUT2D eigenvalue weighted by atomic mass is 35.5. The van der Waals surface area contributed by atoms with Crippen molar-refractivity contribution in [1.29, 1.82) is 0 Å². The maximum atomic E-state index is 13.4. The highest BCUT2D eigenvalue weighted by Crippen LogP contribution is 2.58. The fourth-order valence-corrected chi connectivity index (χ4v) is 7.63. The van der Waals surface area contributed by atoms with Gasteiger partial charge in [-0.25, -0.2) is 21.6 Å². The number of halogens is 4. The molecule has 0 aliphatic heterocycles. The number of anilines is 1. The molecule has 3 saturated carbocycles. The first kappa shape index (κ1) is 24.0. The molecular formula is C22H22ClF3N2O4S. The van der Waals surface area contributed by atoms with Crippen LogP contribution in [0, 0.1) is 35.2 Å². The van der Waals surface area contributed by atoms with Gasteiger partial charge in [-0.05, 0) is 48.8 Å². The zero-order valence-electron chi connectivity index (χ0n) is 17.5. The Morgan fingerprint density at radius 1 is 1.18 bits per heavy atom. The van der Waals surface area contributed by atoms with E-state index in [1.807, 2.05) is 6.92 Å². The Labute approximate surface area is 193 Å². The Balaban J connectivity index is 1.59. The first-order valence-electron chi connectivity index (χ1n) is 10.3. The number of hydrogen-bond donors (Lipinski definition) is 3. The van der Waals surface area contributed by atoms with Crippen LogP contribution in [0.2, 0.25) is 5.02 Å². The summed E-state index contributed by atoms with van der Waals surface area (Å²) in [6.45, 7) is 2.02. The standard InChI is InChI=1S/C22H22ClF3N2O4S/c1-10-14-7-13(8-15(10)22(14,30)9-27)33(31,32)19-4-11(2-3-16(19)23)21(29)28-12-5-17(24)20(26)18(25)6-12/h2-6,10,13-15,30H,7-9,27H2,1H3,(H,28,29)/t10-,13+,14-,15-,22+/m1/s1. The van der Waals surface area contributed by atoms with Gasteiger partial charge < -0.3 is 16.2 Å². The molecule has 2 bridgehead atoms. The van der Waals surface area contributed by atoms with E-state index in [4.69, 9.17) is 17.3 Å². The maximum Gasteiger partial charge on any atom is 0.255 e. The molecule has 33 heavy (non-hydrogen) atoms. The third-order valence-corrected chi connectivity index (χ3v) is 9.75. The number of sulfone groups is 1. The molecule has 3 fully saturated rings. The van der Waals surface area contributed by atoms with Gasteiger partial charge in [-0.3, -0.25) is 4.79 Å². The van der Waals surface area contributed by atoms with Crippen molar-refractivity contribution in [3.8, 4) is 0 Å². The second kappa shape index (κ2) is 8.26. The number of hydrogen-bond acceptors (Lipinski definition) is 5. The summed E-state index contributed by atoms with van der Waals surface area (Å²) in [4.78, 5) is 12.3. The predicted molar refractivity (Wildman–Crippen MR) is 116 cm³/mol. The molecule has 2 atom stereocenters. The van der Waals surface area contributed by atoms with E-state index in [1.165, 1.54) is 12.1 Å². The fourth-order valence-electron chi connectivity index (χ4n) is 5.28. The number of carbonyl (C=O) groups is 1. The van der Waals surface area contributed by atoms with Crippen molar-refractivity contribution in [3.05, 3.63) is 58.4 Å². The second-order valence-electron chi connectivity index (χ2n) is 8.76. The fraction of sp³-hybridized carbons (Fsp3) is 0.409. The number of fused-ring (bicyclic) bond motifs is 2. The lowest BCUT2D eigenvalue weighted by Gasteiger charge is -2.62. The van der Waals surface area contributed by atoms with E-state index in [1.54, 1.807) is 0 Å². The molecule has 11 heteroatoms. The van der Waals surface area contributed by atoms with Gasteiger partial charge in [0.2, 0.25) is 0 Å². The monoisotopic (exact) mass is 502 g/mol. The van der Waals surface area contributed by atoms with Crippen LogP contribution in [-0.4, -0.2) is 36.8 Å². The summed E-state index contributed by atoms with van der Waals surface area (Å²) >= 11 is 6.16. The van der Waals surface area contributed by atoms with E-state index in [0.29, 0.717) is 12.1 Å². The summed E-state index contributed by atoms with van der Waals surface area (Å²) in [6.07, 6.45) is 0.434. The lowest BCUT2D eigenvalue weighted by atomic mass is 9.48. The third kappa shape index (κ3) is 3.82. The average Bonchev–Trinajstić information content (AvgIpc) is 2.77. The van der Waals surface area contributed by atoms with Crippen LogP contribution in [0.1, 0.15) is 30.1 Å². The summed E-state index contributed by atoms with van der Waals surface area (Å²) in [5.74, 6) is -5.85. The van der Waals surface area contributed by atoms with Gasteiger partial charge in [-0.1, -0.05) is 18.5 Å². The van der Waals surface area contributed by atoms with Gasteiger partial charge in [0.05, 0.1) is 20.8 Å². The minimum atomic E-state index is -3.96. The Kier molecular flexibility index (Phi) is 6.01. The van der Waals surface area contributed by atoms with Crippen molar-refractivity contribution < 1.29 is 31.5 Å². The Hall–Kier alpha value is -2.14. The number of nitrogens with one attached hydrogen (secondary N) is 1. The SMILES string of the molecule is C[C@H]1[C@H]2C[C@@H](S(=O)(=O)c3cc(C(=O)Nc4cc(F)c(F)c(F)c4)ccc3Cl)C[C@H]1[C@@]2(O)CN. The van der Waals surface area contributed by atoms with Crippen LogP contribution in [0.5, 0.6) is 0 Å². The van der Waals surface area contributed by atoms with Gasteiger partial charge in [0, 0.05) is 29.9 Å². The molecule has 0 unspecified atom stereocenters. The van der Waals surface area contributed by atoms with Crippen LogP contribution < -0.4 is 11.1 Å². The smallest absolute Gasteiger partial charge is 0.255 e. The highest BCUT2D eigenvalue weighted by molar-refractivity contribution is 7.92. The lowest BCUT2D eigenvalue weighted by Crippen LogP contribution is -2.69. The zero-order valence-corrected chi connectivity index (χ0v) is 19.1. The van der Waals surface area contributed by atoms with Gasteiger partial charge in [0.15, 0.2) is 27.3 Å². The Bertz CT molecular complexity index is 1200. The molecule has 5 rings (SSSR count). The normalized spacial score (nSPS) is 28.8. The minimum absolute atomic E-state index is 0.0560. The van der Waals surface area contributed by atoms with E-state index in [2.05, 4.69) is 5.32 Å². The molecular weight excluding hydrogens is 481 g/mol. The molecule has 6 nitrogen and oxygen atoms in total. The number of aliphatic hydroxyl groups is 1. The van der Waals surface area contributed by atoms with Crippen molar-refractivity contribution >= 4 is 33.0 Å². The second-order valence-corrected chi connectivity index (χ2v) is 11.4. The van der Waals surface area contributed by atoms with Crippen molar-refractivity contribution in [1.82, 2.24) is 0 Å². The number of carbonyl (C=O) groups excluding carboxylic acids is 1. The van der Waals surface area contributed by atoms with Crippen LogP contribution in [-0.2, 0) is 9.84 Å². The summed E-state index contributed by atoms with van der Waals surface area (Å²) in [5.41, 5.74) is 4.20. The molecule has 0 radical (unpaired) electrons. The minimum Gasteiger partial charge on any atom is -0.388 e. The number of nitrogens with two attached hydrogens (primary N) is 1. The van der Waals surface area contributed by atoms with Gasteiger partial charge in [-0.15, -0.1) is 0 Å². The molecule has 2 aromatic carbocycles. The quantitative estimate of drug-likeness (QED) is 0.542. The van der Waals surface area contributed by atoms with E-state index < -0.39 is 44.0 Å². The lowest BCUT2D eigenvalue weighted by molar-refractivity contribution is -0.209. The van der Waals surface area contributed by atoms with E-state index in [-0.39, 0.29) is 58.3 Å². The molecule has 178 valence electrons. The molecule has 0 spiro atoms. The van der Waals surface area contributed by atoms with Gasteiger partial charge in [0.1, 0.15) is 0 Å². The largest absolute Gasteiger partial charge is 0.388 e. The summed E-state index contributed by atoms with van der Waals surface area (Å²) in [6, 6.07) is 4.83. The van der Waals surface area contributed by atoms with Crippen LogP contribution in [0.3, 0.4) is 0 Å². The molecule has 0 saturated heterocycles. The summed E-state index contributed by atoms with van der Waals surface area (Å²) < 4.78 is 66.7. The molecule has 3 aliphatic carbocycles. The molecule has 4 N–H and O–H groups in total. The topological polar surface area (TPSA) is 109 Å². The molecule has 3 aliphatic rings. The highest BCUT2D eigenvalue weighted by Gasteiger charge is 2.63. The average molecular weight is 503 g/mol. The van der Waals surface area contributed by atoms with Crippen LogP contribution in [0.4, 0.5) is 18.9 Å². The number of benzene rings is 2. The first-order chi connectivity index (χ1) is 15.4. The van der Waals surface area contributed by atoms with Crippen LogP contribution >= 0.6 is 11.6 Å². The van der Waals surface area contributed by atoms with Crippen molar-refractivity contribution in [2.75, 3.05) is 11.9 Å². The number of amides is 1. The van der Waals surface area contributed by atoms with Gasteiger partial charge in [0.25, 0.3) is 5.91 Å². The van der Waals surface area contributed by atoms with Crippen LogP contribution in [0.25, 0.3) is 0 Å². The molecule has 0 aromatic heterocycles. The van der Waals surface area contributed by atoms with Crippen molar-refractivity contribution in [2.45, 2.75) is 35.5 Å². The van der Waals surface area contributed by atoms with Crippen molar-refractivity contribution in [2.24, 2.45) is 23.5 Å². The Morgan fingerprint density at radius 2 is 1.76 bits per heavy atom. The van der Waals surface area contributed by atoms with Crippen LogP contribution in [0.15, 0.2) is 35.2 Å². The van der Waals surface area contributed by atoms with Gasteiger partial charge >= 0.3 is 0 Å². The van der Waals surface area contributed by atoms with E-state index in [0.717, 1.165) is 6.07 Å². The van der Waals surface area contributed by atoms with E-state index in [9.17, 15) is 31.5 Å². The van der Waals surface area contributed by atoms with Crippen molar-refractivity contribution in [3.63, 3.8) is 0 Å². The van der Waals surface area contributed by atoms with Gasteiger partial charge in [-0.2, -0.15) is 0 Å². The third-order valence-electron chi connectivity index (χ3n) is 7.09. The summed E-state index contributed by atoms with van der Waals surface area (Å²) in [7, 11) is -3.96. The molecule has 0 heterocycles. The zero-order chi connectivity index (χ0) is 24.3. The maximum absolute atomic E-state index is 13.4. The first-order valence-corrected chi connectivity index (χ1v) is 12.2. The Morgan fingerprint density at radius 3 is 2.30 bits per heavy atom. The molecule has 1 amide bonds. The molecule has 2 aromatic rings.